The highest BCUT2D eigenvalue weighted by Crippen LogP contribution is 2.23. The van der Waals surface area contributed by atoms with Crippen molar-refractivity contribution in [1.82, 2.24) is 20.1 Å². The average Bonchev–Trinajstić information content (AvgIpc) is 2.81. The molecule has 2 aromatic rings. The molecule has 2 heterocycles. The van der Waals surface area contributed by atoms with Crippen LogP contribution in [0.1, 0.15) is 41.4 Å². The smallest absolute Gasteiger partial charge is 0.270 e. The van der Waals surface area contributed by atoms with Crippen molar-refractivity contribution >= 4 is 17.5 Å². The normalized spacial score (nSPS) is 10.8. The van der Waals surface area contributed by atoms with Crippen LogP contribution >= 0.6 is 11.6 Å². The molecule has 106 valence electrons. The molecule has 1 N–H and O–H groups in total. The molecule has 0 bridgehead atoms. The third-order valence-corrected chi connectivity index (χ3v) is 3.28. The van der Waals surface area contributed by atoms with Crippen LogP contribution in [-0.2, 0) is 13.6 Å². The van der Waals surface area contributed by atoms with Crippen LogP contribution in [0.2, 0.25) is 5.02 Å². The molecule has 0 atom stereocenters. The second-order valence-electron chi connectivity index (χ2n) is 4.95. The van der Waals surface area contributed by atoms with E-state index < -0.39 is 0 Å². The number of carbonyl (C=O) groups excluding carboxylic acids is 1. The summed E-state index contributed by atoms with van der Waals surface area (Å²) >= 11 is 6.16. The van der Waals surface area contributed by atoms with E-state index in [0.29, 0.717) is 17.3 Å². The first-order chi connectivity index (χ1) is 9.47. The molecule has 0 radical (unpaired) electrons. The van der Waals surface area contributed by atoms with Gasteiger partial charge in [-0.2, -0.15) is 5.10 Å². The van der Waals surface area contributed by atoms with Crippen LogP contribution in [0.15, 0.2) is 24.7 Å². The monoisotopic (exact) mass is 292 g/mol. The SMILES string of the molecule is CC(C)c1cnc(C(=O)NCc2cnn(C)c2)cc1Cl. The molecule has 0 saturated carbocycles. The predicted molar refractivity (Wildman–Crippen MR) is 77.7 cm³/mol. The van der Waals surface area contributed by atoms with Gasteiger partial charge in [0, 0.05) is 36.6 Å². The fraction of sp³-hybridized carbons (Fsp3) is 0.357. The van der Waals surface area contributed by atoms with Crippen LogP contribution in [-0.4, -0.2) is 20.7 Å². The minimum absolute atomic E-state index is 0.244. The number of aryl methyl sites for hydroxylation is 1. The summed E-state index contributed by atoms with van der Waals surface area (Å²) in [5.74, 6) is 0.0357. The quantitative estimate of drug-likeness (QED) is 0.942. The maximum atomic E-state index is 12.0. The molecule has 1 amide bonds. The molecule has 2 rings (SSSR count). The number of hydrogen-bond acceptors (Lipinski definition) is 3. The van der Waals surface area contributed by atoms with E-state index in [9.17, 15) is 4.79 Å². The van der Waals surface area contributed by atoms with Gasteiger partial charge in [-0.05, 0) is 17.5 Å². The van der Waals surface area contributed by atoms with Gasteiger partial charge in [-0.3, -0.25) is 14.5 Å². The van der Waals surface area contributed by atoms with Crippen LogP contribution in [0, 0.1) is 0 Å². The maximum Gasteiger partial charge on any atom is 0.270 e. The molecule has 0 spiro atoms. The Morgan fingerprint density at radius 1 is 1.45 bits per heavy atom. The molecule has 5 nitrogen and oxygen atoms in total. The van der Waals surface area contributed by atoms with Crippen molar-refractivity contribution in [3.05, 3.63) is 46.5 Å². The molecule has 0 unspecified atom stereocenters. The van der Waals surface area contributed by atoms with Crippen LogP contribution in [0.4, 0.5) is 0 Å². The molecule has 0 fully saturated rings. The van der Waals surface area contributed by atoms with E-state index in [-0.39, 0.29) is 11.8 Å². The van der Waals surface area contributed by atoms with E-state index in [0.717, 1.165) is 11.1 Å². The summed E-state index contributed by atoms with van der Waals surface area (Å²) in [5, 5.41) is 7.40. The van der Waals surface area contributed by atoms with Crippen LogP contribution in [0.25, 0.3) is 0 Å². The summed E-state index contributed by atoms with van der Waals surface area (Å²) in [4.78, 5) is 16.2. The predicted octanol–water partition coefficient (Wildman–Crippen LogP) is 2.52. The third kappa shape index (κ3) is 3.36. The maximum absolute atomic E-state index is 12.0. The zero-order chi connectivity index (χ0) is 14.7. The molecule has 6 heteroatoms. The first kappa shape index (κ1) is 14.5. The molecule has 0 saturated heterocycles. The van der Waals surface area contributed by atoms with Gasteiger partial charge in [0.15, 0.2) is 0 Å². The lowest BCUT2D eigenvalue weighted by Crippen LogP contribution is -2.23. The van der Waals surface area contributed by atoms with Gasteiger partial charge in [-0.1, -0.05) is 25.4 Å². The number of aromatic nitrogens is 3. The van der Waals surface area contributed by atoms with Crippen LogP contribution in [0.5, 0.6) is 0 Å². The molecule has 20 heavy (non-hydrogen) atoms. The molecule has 0 aromatic carbocycles. The number of hydrogen-bond donors (Lipinski definition) is 1. The Kier molecular flexibility index (Phi) is 4.39. The first-order valence-corrected chi connectivity index (χ1v) is 6.76. The van der Waals surface area contributed by atoms with E-state index in [1.807, 2.05) is 27.1 Å². The summed E-state index contributed by atoms with van der Waals surface area (Å²) in [6.07, 6.45) is 5.22. The average molecular weight is 293 g/mol. The van der Waals surface area contributed by atoms with Gasteiger partial charge in [-0.15, -0.1) is 0 Å². The van der Waals surface area contributed by atoms with Gasteiger partial charge in [-0.25, -0.2) is 0 Å². The molecular weight excluding hydrogens is 276 g/mol. The lowest BCUT2D eigenvalue weighted by Gasteiger charge is -2.09. The number of nitrogens with one attached hydrogen (secondary N) is 1. The Morgan fingerprint density at radius 2 is 2.20 bits per heavy atom. The van der Waals surface area contributed by atoms with Crippen molar-refractivity contribution < 1.29 is 4.79 Å². The van der Waals surface area contributed by atoms with Gasteiger partial charge in [0.1, 0.15) is 5.69 Å². The summed E-state index contributed by atoms with van der Waals surface area (Å²) in [6, 6.07) is 1.61. The van der Waals surface area contributed by atoms with Gasteiger partial charge < -0.3 is 5.32 Å². The standard InChI is InChI=1S/C14H17ClN4O/c1-9(2)11-7-16-13(4-12(11)15)14(20)17-5-10-6-18-19(3)8-10/h4,6-9H,5H2,1-3H3,(H,17,20). The number of nitrogens with zero attached hydrogens (tertiary/aromatic N) is 3. The van der Waals surface area contributed by atoms with Gasteiger partial charge in [0.25, 0.3) is 5.91 Å². The Balaban J connectivity index is 2.04. The lowest BCUT2D eigenvalue weighted by atomic mass is 10.1. The first-order valence-electron chi connectivity index (χ1n) is 6.38. The Hall–Kier alpha value is -1.88. The van der Waals surface area contributed by atoms with Crippen molar-refractivity contribution in [2.75, 3.05) is 0 Å². The van der Waals surface area contributed by atoms with E-state index >= 15 is 0 Å². The Bertz CT molecular complexity index is 621. The zero-order valence-corrected chi connectivity index (χ0v) is 12.5. The van der Waals surface area contributed by atoms with Crippen molar-refractivity contribution in [3.8, 4) is 0 Å². The van der Waals surface area contributed by atoms with Crippen molar-refractivity contribution in [3.63, 3.8) is 0 Å². The van der Waals surface area contributed by atoms with E-state index in [2.05, 4.69) is 15.4 Å². The number of pyridine rings is 1. The summed E-state index contributed by atoms with van der Waals surface area (Å²) in [6.45, 7) is 4.48. The van der Waals surface area contributed by atoms with E-state index in [4.69, 9.17) is 11.6 Å². The third-order valence-electron chi connectivity index (χ3n) is 2.95. The zero-order valence-electron chi connectivity index (χ0n) is 11.7. The van der Waals surface area contributed by atoms with Crippen molar-refractivity contribution in [2.24, 2.45) is 7.05 Å². The van der Waals surface area contributed by atoms with Crippen molar-refractivity contribution in [1.29, 1.82) is 0 Å². The molecular formula is C14H17ClN4O. The second-order valence-corrected chi connectivity index (χ2v) is 5.36. The molecule has 0 aliphatic heterocycles. The van der Waals surface area contributed by atoms with Crippen LogP contribution in [0.3, 0.4) is 0 Å². The largest absolute Gasteiger partial charge is 0.347 e. The van der Waals surface area contributed by atoms with E-state index in [1.165, 1.54) is 0 Å². The topological polar surface area (TPSA) is 59.8 Å². The number of halogens is 1. The highest BCUT2D eigenvalue weighted by atomic mass is 35.5. The number of rotatable bonds is 4. The van der Waals surface area contributed by atoms with E-state index in [1.54, 1.807) is 23.1 Å². The second kappa shape index (κ2) is 6.05. The number of carbonyl (C=O) groups is 1. The van der Waals surface area contributed by atoms with Crippen molar-refractivity contribution in [2.45, 2.75) is 26.3 Å². The molecule has 0 aliphatic carbocycles. The van der Waals surface area contributed by atoms with Gasteiger partial charge in [0.2, 0.25) is 0 Å². The number of amides is 1. The highest BCUT2D eigenvalue weighted by molar-refractivity contribution is 6.31. The van der Waals surface area contributed by atoms with Crippen LogP contribution < -0.4 is 5.32 Å². The van der Waals surface area contributed by atoms with Gasteiger partial charge >= 0.3 is 0 Å². The minimum Gasteiger partial charge on any atom is -0.347 e. The summed E-state index contributed by atoms with van der Waals surface area (Å²) in [7, 11) is 1.83. The fourth-order valence-electron chi connectivity index (χ4n) is 1.83. The Morgan fingerprint density at radius 3 is 2.75 bits per heavy atom. The summed E-state index contributed by atoms with van der Waals surface area (Å²) in [5.41, 5.74) is 2.20. The highest BCUT2D eigenvalue weighted by Gasteiger charge is 2.12. The van der Waals surface area contributed by atoms with Gasteiger partial charge in [0.05, 0.1) is 6.20 Å². The molecule has 2 aromatic heterocycles. The Labute approximate surface area is 123 Å². The summed E-state index contributed by atoms with van der Waals surface area (Å²) < 4.78 is 1.69. The minimum atomic E-state index is -0.244. The fourth-order valence-corrected chi connectivity index (χ4v) is 2.20. The lowest BCUT2D eigenvalue weighted by molar-refractivity contribution is 0.0946. The molecule has 0 aliphatic rings.